The third-order valence-corrected chi connectivity index (χ3v) is 3.46. The predicted octanol–water partition coefficient (Wildman–Crippen LogP) is 1.56. The molecule has 94 valence electrons. The smallest absolute Gasteiger partial charge is 0.111 e. The zero-order valence-electron chi connectivity index (χ0n) is 11.3. The molecule has 4 heteroatoms. The standard InChI is InChI=1S/C13H22N4/c1-10-12-9-16(5)7-6-8-17(12)14-13(10)11(2)15(3)4/h2,6-9H2,1,3-5H3. The molecule has 0 aliphatic carbocycles. The number of aryl methyl sites for hydroxylation is 1. The average molecular weight is 234 g/mol. The summed E-state index contributed by atoms with van der Waals surface area (Å²) in [5.41, 5.74) is 4.64. The Labute approximate surface area is 104 Å². The van der Waals surface area contributed by atoms with Crippen LogP contribution in [0, 0.1) is 6.92 Å². The number of rotatable bonds is 2. The minimum Gasteiger partial charge on any atom is -0.376 e. The van der Waals surface area contributed by atoms with Crippen molar-refractivity contribution in [3.63, 3.8) is 0 Å². The average Bonchev–Trinajstić information content (AvgIpc) is 2.47. The molecule has 2 rings (SSSR count). The van der Waals surface area contributed by atoms with Crippen LogP contribution in [-0.4, -0.2) is 47.3 Å². The van der Waals surface area contributed by atoms with E-state index in [0.29, 0.717) is 0 Å². The number of nitrogens with zero attached hydrogens (tertiary/aromatic N) is 4. The van der Waals surface area contributed by atoms with E-state index in [1.807, 2.05) is 19.0 Å². The predicted molar refractivity (Wildman–Crippen MR) is 70.6 cm³/mol. The number of hydrogen-bond donors (Lipinski definition) is 0. The van der Waals surface area contributed by atoms with E-state index in [1.165, 1.54) is 17.7 Å². The minimum atomic E-state index is 0.986. The van der Waals surface area contributed by atoms with E-state index in [1.54, 1.807) is 0 Å². The molecule has 0 radical (unpaired) electrons. The minimum absolute atomic E-state index is 0.986. The molecule has 0 amide bonds. The highest BCUT2D eigenvalue weighted by Gasteiger charge is 2.20. The Hall–Kier alpha value is -1.29. The largest absolute Gasteiger partial charge is 0.376 e. The van der Waals surface area contributed by atoms with Crippen LogP contribution in [0.3, 0.4) is 0 Å². The summed E-state index contributed by atoms with van der Waals surface area (Å²) < 4.78 is 2.16. The second kappa shape index (κ2) is 4.53. The van der Waals surface area contributed by atoms with E-state index in [9.17, 15) is 0 Å². The third kappa shape index (κ3) is 2.22. The van der Waals surface area contributed by atoms with Gasteiger partial charge in [-0.3, -0.25) is 4.68 Å². The Morgan fingerprint density at radius 3 is 2.71 bits per heavy atom. The molecule has 17 heavy (non-hydrogen) atoms. The first-order chi connectivity index (χ1) is 8.00. The van der Waals surface area contributed by atoms with Gasteiger partial charge in [0.2, 0.25) is 0 Å². The van der Waals surface area contributed by atoms with Gasteiger partial charge in [0.25, 0.3) is 0 Å². The summed E-state index contributed by atoms with van der Waals surface area (Å²) in [7, 11) is 6.19. The number of aromatic nitrogens is 2. The summed E-state index contributed by atoms with van der Waals surface area (Å²) in [4.78, 5) is 4.38. The molecule has 0 bridgehead atoms. The van der Waals surface area contributed by atoms with E-state index in [0.717, 1.165) is 31.0 Å². The van der Waals surface area contributed by atoms with Gasteiger partial charge in [-0.05, 0) is 20.4 Å². The van der Waals surface area contributed by atoms with Gasteiger partial charge >= 0.3 is 0 Å². The van der Waals surface area contributed by atoms with Gasteiger partial charge in [0.1, 0.15) is 5.69 Å². The van der Waals surface area contributed by atoms with Crippen molar-refractivity contribution in [2.75, 3.05) is 27.7 Å². The Kier molecular flexibility index (Phi) is 3.24. The van der Waals surface area contributed by atoms with Gasteiger partial charge < -0.3 is 9.80 Å². The maximum atomic E-state index is 4.71. The molecule has 1 aromatic rings. The monoisotopic (exact) mass is 234 g/mol. The highest BCUT2D eigenvalue weighted by atomic mass is 15.3. The first-order valence-electron chi connectivity index (χ1n) is 6.12. The van der Waals surface area contributed by atoms with Crippen molar-refractivity contribution in [1.82, 2.24) is 19.6 Å². The van der Waals surface area contributed by atoms with Crippen LogP contribution in [0.5, 0.6) is 0 Å². The molecule has 0 fully saturated rings. The Morgan fingerprint density at radius 1 is 1.35 bits per heavy atom. The summed E-state index contributed by atoms with van der Waals surface area (Å²) in [6.07, 6.45) is 1.17. The fourth-order valence-electron chi connectivity index (χ4n) is 2.28. The molecule has 0 saturated heterocycles. The maximum Gasteiger partial charge on any atom is 0.111 e. The Morgan fingerprint density at radius 2 is 2.06 bits per heavy atom. The second-order valence-corrected chi connectivity index (χ2v) is 5.08. The fraction of sp³-hybridized carbons (Fsp3) is 0.615. The SMILES string of the molecule is C=C(c1nn2c(c1C)CN(C)CCC2)N(C)C. The molecule has 0 atom stereocenters. The highest BCUT2D eigenvalue weighted by molar-refractivity contribution is 5.61. The van der Waals surface area contributed by atoms with Gasteiger partial charge in [-0.1, -0.05) is 6.58 Å². The molecular formula is C13H22N4. The molecule has 2 heterocycles. The van der Waals surface area contributed by atoms with Gasteiger partial charge in [-0.15, -0.1) is 0 Å². The third-order valence-electron chi connectivity index (χ3n) is 3.46. The summed E-state index contributed by atoms with van der Waals surface area (Å²) in [5.74, 6) is 0. The lowest BCUT2D eigenvalue weighted by Crippen LogP contribution is -2.17. The van der Waals surface area contributed by atoms with Gasteiger partial charge in [0, 0.05) is 39.3 Å². The Bertz CT molecular complexity index is 431. The van der Waals surface area contributed by atoms with Crippen LogP contribution >= 0.6 is 0 Å². The van der Waals surface area contributed by atoms with Crippen LogP contribution < -0.4 is 0 Å². The number of fused-ring (bicyclic) bond motifs is 1. The van der Waals surface area contributed by atoms with Crippen molar-refractivity contribution < 1.29 is 0 Å². The van der Waals surface area contributed by atoms with Gasteiger partial charge in [0.05, 0.1) is 11.4 Å². The normalized spacial score (nSPS) is 16.5. The van der Waals surface area contributed by atoms with Crippen molar-refractivity contribution in [3.05, 3.63) is 23.5 Å². The topological polar surface area (TPSA) is 24.3 Å². The Balaban J connectivity index is 2.39. The lowest BCUT2D eigenvalue weighted by atomic mass is 10.1. The molecule has 4 nitrogen and oxygen atoms in total. The quantitative estimate of drug-likeness (QED) is 0.776. The van der Waals surface area contributed by atoms with Crippen LogP contribution in [0.1, 0.15) is 23.4 Å². The van der Waals surface area contributed by atoms with Crippen LogP contribution in [0.4, 0.5) is 0 Å². The lowest BCUT2D eigenvalue weighted by molar-refractivity contribution is 0.331. The van der Waals surface area contributed by atoms with Crippen LogP contribution in [-0.2, 0) is 13.1 Å². The van der Waals surface area contributed by atoms with E-state index in [4.69, 9.17) is 5.10 Å². The fourth-order valence-corrected chi connectivity index (χ4v) is 2.28. The van der Waals surface area contributed by atoms with Crippen molar-refractivity contribution in [2.45, 2.75) is 26.4 Å². The molecule has 0 unspecified atom stereocenters. The zero-order valence-corrected chi connectivity index (χ0v) is 11.3. The van der Waals surface area contributed by atoms with Crippen LogP contribution in [0.25, 0.3) is 5.70 Å². The summed E-state index contributed by atoms with van der Waals surface area (Å²) in [5, 5.41) is 4.71. The molecule has 0 aromatic carbocycles. The molecule has 0 N–H and O–H groups in total. The molecule has 0 spiro atoms. The summed E-state index contributed by atoms with van der Waals surface area (Å²) in [6.45, 7) is 9.41. The van der Waals surface area contributed by atoms with Crippen molar-refractivity contribution in [1.29, 1.82) is 0 Å². The van der Waals surface area contributed by atoms with Gasteiger partial charge in [-0.2, -0.15) is 5.10 Å². The maximum absolute atomic E-state index is 4.71. The molecule has 1 aliphatic heterocycles. The molecular weight excluding hydrogens is 212 g/mol. The summed E-state index contributed by atoms with van der Waals surface area (Å²) >= 11 is 0. The van der Waals surface area contributed by atoms with Crippen LogP contribution in [0.2, 0.25) is 0 Å². The van der Waals surface area contributed by atoms with Crippen molar-refractivity contribution >= 4 is 5.70 Å². The highest BCUT2D eigenvalue weighted by Crippen LogP contribution is 2.23. The van der Waals surface area contributed by atoms with Crippen LogP contribution in [0.15, 0.2) is 6.58 Å². The van der Waals surface area contributed by atoms with E-state index in [2.05, 4.69) is 30.1 Å². The molecule has 0 saturated carbocycles. The summed E-state index contributed by atoms with van der Waals surface area (Å²) in [6, 6.07) is 0. The van der Waals surface area contributed by atoms with E-state index in [-0.39, 0.29) is 0 Å². The first-order valence-corrected chi connectivity index (χ1v) is 6.12. The second-order valence-electron chi connectivity index (χ2n) is 5.08. The van der Waals surface area contributed by atoms with Gasteiger partial charge in [0.15, 0.2) is 0 Å². The first kappa shape index (κ1) is 12.2. The van der Waals surface area contributed by atoms with E-state index >= 15 is 0 Å². The number of hydrogen-bond acceptors (Lipinski definition) is 3. The van der Waals surface area contributed by atoms with Crippen molar-refractivity contribution in [2.24, 2.45) is 0 Å². The lowest BCUT2D eigenvalue weighted by Gasteiger charge is -2.15. The van der Waals surface area contributed by atoms with Gasteiger partial charge in [-0.25, -0.2) is 0 Å². The van der Waals surface area contributed by atoms with Crippen molar-refractivity contribution in [3.8, 4) is 0 Å². The zero-order chi connectivity index (χ0) is 12.6. The molecule has 1 aliphatic rings. The van der Waals surface area contributed by atoms with E-state index < -0.39 is 0 Å². The molecule has 1 aromatic heterocycles.